The van der Waals surface area contributed by atoms with Gasteiger partial charge in [0.15, 0.2) is 0 Å². The average molecular weight is 225 g/mol. The van der Waals surface area contributed by atoms with Crippen LogP contribution < -0.4 is 4.74 Å². The van der Waals surface area contributed by atoms with Crippen LogP contribution in [0.5, 0.6) is 5.75 Å². The zero-order chi connectivity index (χ0) is 11.5. The topological polar surface area (TPSA) is 35.3 Å². The molecule has 3 aromatic rings. The molecule has 0 amide bonds. The summed E-state index contributed by atoms with van der Waals surface area (Å²) >= 11 is 0. The van der Waals surface area contributed by atoms with Gasteiger partial charge in [-0.3, -0.25) is 0 Å². The van der Waals surface area contributed by atoms with E-state index in [9.17, 15) is 0 Å². The molecule has 3 nitrogen and oxygen atoms in total. The Bertz CT molecular complexity index is 612. The highest BCUT2D eigenvalue weighted by Crippen LogP contribution is 2.25. The lowest BCUT2D eigenvalue weighted by molar-refractivity contribution is 0.308. The predicted octanol–water partition coefficient (Wildman–Crippen LogP) is 3.41. The number of nitrogens with zero attached hydrogens (tertiary/aromatic N) is 1. The summed E-state index contributed by atoms with van der Waals surface area (Å²) in [5.74, 6) is 0.879. The highest BCUT2D eigenvalue weighted by Gasteiger charge is 2.02. The summed E-state index contributed by atoms with van der Waals surface area (Å²) in [7, 11) is 0. The number of hydrogen-bond donors (Lipinski definition) is 0. The van der Waals surface area contributed by atoms with Crippen molar-refractivity contribution < 1.29 is 9.26 Å². The van der Waals surface area contributed by atoms with Crippen LogP contribution in [0.2, 0.25) is 0 Å². The van der Waals surface area contributed by atoms with E-state index in [2.05, 4.69) is 23.4 Å². The molecule has 0 spiro atoms. The molecular weight excluding hydrogens is 214 g/mol. The summed E-state index contributed by atoms with van der Waals surface area (Å²) in [5, 5.41) is 5.94. The minimum absolute atomic E-state index is 0.470. The van der Waals surface area contributed by atoms with E-state index in [0.29, 0.717) is 6.61 Å². The molecule has 0 N–H and O–H groups in total. The number of benzene rings is 2. The number of ether oxygens (including phenoxy) is 1. The summed E-state index contributed by atoms with van der Waals surface area (Å²) in [6.07, 6.45) is 3.25. The summed E-state index contributed by atoms with van der Waals surface area (Å²) in [5.41, 5.74) is 0.929. The highest BCUT2D eigenvalue weighted by atomic mass is 16.5. The van der Waals surface area contributed by atoms with Gasteiger partial charge < -0.3 is 9.26 Å². The standard InChI is InChI=1S/C14H11NO2/c1-2-6-13-12(4-1)5-3-7-14(13)16-9-11-8-15-17-10-11/h1-8,10H,9H2. The molecule has 84 valence electrons. The Morgan fingerprint density at radius 3 is 2.82 bits per heavy atom. The van der Waals surface area contributed by atoms with Crippen molar-refractivity contribution >= 4 is 10.8 Å². The molecule has 3 rings (SSSR count). The van der Waals surface area contributed by atoms with Crippen LogP contribution in [0, 0.1) is 0 Å². The lowest BCUT2D eigenvalue weighted by atomic mass is 10.1. The Hall–Kier alpha value is -2.29. The van der Waals surface area contributed by atoms with Gasteiger partial charge in [-0.05, 0) is 11.5 Å². The first kappa shape index (κ1) is 9.90. The monoisotopic (exact) mass is 225 g/mol. The second-order valence-corrected chi connectivity index (χ2v) is 3.80. The van der Waals surface area contributed by atoms with Crippen molar-refractivity contribution in [2.75, 3.05) is 0 Å². The van der Waals surface area contributed by atoms with Crippen LogP contribution in [0.1, 0.15) is 5.56 Å². The zero-order valence-corrected chi connectivity index (χ0v) is 9.17. The second kappa shape index (κ2) is 4.29. The minimum atomic E-state index is 0.470. The third kappa shape index (κ3) is 1.99. The van der Waals surface area contributed by atoms with E-state index in [1.165, 1.54) is 5.39 Å². The molecule has 0 aliphatic carbocycles. The molecule has 0 radical (unpaired) electrons. The van der Waals surface area contributed by atoms with Gasteiger partial charge in [-0.2, -0.15) is 0 Å². The minimum Gasteiger partial charge on any atom is -0.488 e. The van der Waals surface area contributed by atoms with E-state index < -0.39 is 0 Å². The molecule has 0 saturated carbocycles. The SMILES string of the molecule is c1ccc2c(OCc3cnoc3)cccc2c1. The largest absolute Gasteiger partial charge is 0.488 e. The molecule has 1 heterocycles. The normalized spacial score (nSPS) is 10.6. The van der Waals surface area contributed by atoms with E-state index >= 15 is 0 Å². The van der Waals surface area contributed by atoms with E-state index in [0.717, 1.165) is 16.7 Å². The molecule has 2 aromatic carbocycles. The van der Waals surface area contributed by atoms with Crippen molar-refractivity contribution in [3.63, 3.8) is 0 Å². The summed E-state index contributed by atoms with van der Waals surface area (Å²) < 4.78 is 10.5. The van der Waals surface area contributed by atoms with Gasteiger partial charge >= 0.3 is 0 Å². The van der Waals surface area contributed by atoms with Gasteiger partial charge in [0, 0.05) is 10.9 Å². The Labute approximate surface area is 98.6 Å². The fraction of sp³-hybridized carbons (Fsp3) is 0.0714. The number of fused-ring (bicyclic) bond motifs is 1. The van der Waals surface area contributed by atoms with Crippen molar-refractivity contribution in [3.8, 4) is 5.75 Å². The first-order chi connectivity index (χ1) is 8.43. The maximum atomic E-state index is 5.76. The third-order valence-electron chi connectivity index (χ3n) is 2.63. The van der Waals surface area contributed by atoms with E-state index in [1.807, 2.05) is 24.3 Å². The fourth-order valence-corrected chi connectivity index (χ4v) is 1.78. The Balaban J connectivity index is 1.90. The number of rotatable bonds is 3. The quantitative estimate of drug-likeness (QED) is 0.685. The van der Waals surface area contributed by atoms with Gasteiger partial charge in [0.25, 0.3) is 0 Å². The molecular formula is C14H11NO2. The maximum Gasteiger partial charge on any atom is 0.130 e. The molecule has 0 atom stereocenters. The first-order valence-electron chi connectivity index (χ1n) is 5.42. The Morgan fingerprint density at radius 1 is 1.06 bits per heavy atom. The van der Waals surface area contributed by atoms with Crippen LogP contribution in [0.3, 0.4) is 0 Å². The summed E-state index contributed by atoms with van der Waals surface area (Å²) in [6, 6.07) is 14.2. The molecule has 0 aliphatic heterocycles. The second-order valence-electron chi connectivity index (χ2n) is 3.80. The first-order valence-corrected chi connectivity index (χ1v) is 5.42. The predicted molar refractivity (Wildman–Crippen MR) is 64.8 cm³/mol. The van der Waals surface area contributed by atoms with Crippen LogP contribution in [-0.4, -0.2) is 5.16 Å². The smallest absolute Gasteiger partial charge is 0.130 e. The zero-order valence-electron chi connectivity index (χ0n) is 9.17. The van der Waals surface area contributed by atoms with E-state index in [4.69, 9.17) is 9.26 Å². The lowest BCUT2D eigenvalue weighted by Crippen LogP contribution is -1.94. The van der Waals surface area contributed by atoms with Crippen molar-refractivity contribution in [1.82, 2.24) is 5.16 Å². The number of hydrogen-bond acceptors (Lipinski definition) is 3. The van der Waals surface area contributed by atoms with Crippen molar-refractivity contribution in [3.05, 3.63) is 60.5 Å². The van der Waals surface area contributed by atoms with Crippen LogP contribution in [0.15, 0.2) is 59.4 Å². The van der Waals surface area contributed by atoms with Crippen LogP contribution in [-0.2, 0) is 6.61 Å². The van der Waals surface area contributed by atoms with Gasteiger partial charge in [0.2, 0.25) is 0 Å². The maximum absolute atomic E-state index is 5.76. The highest BCUT2D eigenvalue weighted by molar-refractivity contribution is 5.88. The molecule has 3 heteroatoms. The summed E-state index contributed by atoms with van der Waals surface area (Å²) in [6.45, 7) is 0.470. The molecule has 0 saturated heterocycles. The molecule has 0 bridgehead atoms. The Morgan fingerprint density at radius 2 is 1.94 bits per heavy atom. The lowest BCUT2D eigenvalue weighted by Gasteiger charge is -2.07. The summed E-state index contributed by atoms with van der Waals surface area (Å²) in [4.78, 5) is 0. The van der Waals surface area contributed by atoms with Crippen molar-refractivity contribution in [1.29, 1.82) is 0 Å². The van der Waals surface area contributed by atoms with Crippen molar-refractivity contribution in [2.24, 2.45) is 0 Å². The molecule has 0 aliphatic rings. The van der Waals surface area contributed by atoms with Crippen LogP contribution in [0.4, 0.5) is 0 Å². The van der Waals surface area contributed by atoms with Gasteiger partial charge in [-0.25, -0.2) is 0 Å². The molecule has 1 aromatic heterocycles. The van der Waals surface area contributed by atoms with Gasteiger partial charge in [0.05, 0.1) is 6.20 Å². The van der Waals surface area contributed by atoms with Crippen molar-refractivity contribution in [2.45, 2.75) is 6.61 Å². The number of aromatic nitrogens is 1. The van der Waals surface area contributed by atoms with E-state index in [-0.39, 0.29) is 0 Å². The fourth-order valence-electron chi connectivity index (χ4n) is 1.78. The van der Waals surface area contributed by atoms with Crippen LogP contribution in [0.25, 0.3) is 10.8 Å². The van der Waals surface area contributed by atoms with Crippen LogP contribution >= 0.6 is 0 Å². The third-order valence-corrected chi connectivity index (χ3v) is 2.63. The molecule has 0 fully saturated rings. The van der Waals surface area contributed by atoms with Gasteiger partial charge in [-0.1, -0.05) is 41.6 Å². The molecule has 0 unspecified atom stereocenters. The van der Waals surface area contributed by atoms with Gasteiger partial charge in [-0.15, -0.1) is 0 Å². The van der Waals surface area contributed by atoms with Gasteiger partial charge in [0.1, 0.15) is 18.6 Å². The Kier molecular flexibility index (Phi) is 2.50. The molecule has 17 heavy (non-hydrogen) atoms. The van der Waals surface area contributed by atoms with E-state index in [1.54, 1.807) is 12.5 Å². The average Bonchev–Trinajstić information content (AvgIpc) is 2.89.